The Bertz CT molecular complexity index is 369. The number of aliphatic hydroxyl groups is 1. The molecule has 0 radical (unpaired) electrons. The zero-order valence-electron chi connectivity index (χ0n) is 6.84. The fourth-order valence-corrected chi connectivity index (χ4v) is 1.59. The summed E-state index contributed by atoms with van der Waals surface area (Å²) in [5.41, 5.74) is 2.01. The van der Waals surface area contributed by atoms with E-state index >= 15 is 0 Å². The Morgan fingerprint density at radius 3 is 2.54 bits per heavy atom. The van der Waals surface area contributed by atoms with Gasteiger partial charge in [-0.2, -0.15) is 0 Å². The molecule has 2 rings (SSSR count). The van der Waals surface area contributed by atoms with Gasteiger partial charge in [-0.05, 0) is 22.7 Å². The topological polar surface area (TPSA) is 46.0 Å². The molecule has 1 aromatic carbocycles. The number of aromatic nitrogens is 2. The van der Waals surface area contributed by atoms with Gasteiger partial charge >= 0.3 is 0 Å². The van der Waals surface area contributed by atoms with Crippen LogP contribution in [0.3, 0.4) is 0 Å². The SMILES string of the molecule is OCc1ccc(-c2cnns2)cc1. The minimum Gasteiger partial charge on any atom is -0.392 e. The maximum Gasteiger partial charge on any atom is 0.0753 e. The summed E-state index contributed by atoms with van der Waals surface area (Å²) in [5.74, 6) is 0. The van der Waals surface area contributed by atoms with E-state index in [-0.39, 0.29) is 6.61 Å². The first-order valence-corrected chi connectivity index (χ1v) is 4.65. The fourth-order valence-electron chi connectivity index (χ4n) is 1.07. The number of benzene rings is 1. The Morgan fingerprint density at radius 2 is 2.00 bits per heavy atom. The van der Waals surface area contributed by atoms with Crippen molar-refractivity contribution < 1.29 is 5.11 Å². The Hall–Kier alpha value is -1.26. The fraction of sp³-hybridized carbons (Fsp3) is 0.111. The average Bonchev–Trinajstić information content (AvgIpc) is 2.71. The smallest absolute Gasteiger partial charge is 0.0753 e. The molecule has 66 valence electrons. The number of hydrogen-bond donors (Lipinski definition) is 1. The Balaban J connectivity index is 2.33. The van der Waals surface area contributed by atoms with Crippen LogP contribution in [0.2, 0.25) is 0 Å². The van der Waals surface area contributed by atoms with Crippen LogP contribution in [0, 0.1) is 0 Å². The molecule has 0 aliphatic carbocycles. The third-order valence-electron chi connectivity index (χ3n) is 1.78. The van der Waals surface area contributed by atoms with Crippen LogP contribution >= 0.6 is 11.5 Å². The highest BCUT2D eigenvalue weighted by Crippen LogP contribution is 2.21. The lowest BCUT2D eigenvalue weighted by atomic mass is 10.1. The standard InChI is InChI=1S/C9H8N2OS/c12-6-7-1-3-8(4-2-7)9-5-10-11-13-9/h1-5,12H,6H2. The Labute approximate surface area is 79.8 Å². The van der Waals surface area contributed by atoms with Gasteiger partial charge in [-0.15, -0.1) is 5.10 Å². The van der Waals surface area contributed by atoms with Crippen LogP contribution in [0.1, 0.15) is 5.56 Å². The normalized spacial score (nSPS) is 10.2. The third-order valence-corrected chi connectivity index (χ3v) is 2.50. The molecule has 0 amide bonds. The molecule has 0 saturated heterocycles. The molecule has 0 spiro atoms. The van der Waals surface area contributed by atoms with Crippen molar-refractivity contribution in [2.45, 2.75) is 6.61 Å². The number of hydrogen-bond acceptors (Lipinski definition) is 4. The molecule has 1 heterocycles. The quantitative estimate of drug-likeness (QED) is 0.787. The lowest BCUT2D eigenvalue weighted by molar-refractivity contribution is 0.282. The van der Waals surface area contributed by atoms with E-state index in [2.05, 4.69) is 9.59 Å². The van der Waals surface area contributed by atoms with Crippen LogP contribution < -0.4 is 0 Å². The summed E-state index contributed by atoms with van der Waals surface area (Å²) in [4.78, 5) is 1.05. The second-order valence-electron chi connectivity index (χ2n) is 2.64. The van der Waals surface area contributed by atoms with Crippen LogP contribution in [0.25, 0.3) is 10.4 Å². The number of nitrogens with zero attached hydrogens (tertiary/aromatic N) is 2. The highest BCUT2D eigenvalue weighted by molar-refractivity contribution is 7.09. The summed E-state index contributed by atoms with van der Waals surface area (Å²) in [6.07, 6.45) is 1.73. The van der Waals surface area contributed by atoms with Gasteiger partial charge in [0.05, 0.1) is 17.7 Å². The van der Waals surface area contributed by atoms with Crippen molar-refractivity contribution in [3.05, 3.63) is 36.0 Å². The first kappa shape index (κ1) is 8.34. The summed E-state index contributed by atoms with van der Waals surface area (Å²) in [6.45, 7) is 0.0845. The van der Waals surface area contributed by atoms with Crippen LogP contribution in [0.4, 0.5) is 0 Å². The molecule has 1 aromatic heterocycles. The molecule has 3 nitrogen and oxygen atoms in total. The molecular weight excluding hydrogens is 184 g/mol. The van der Waals surface area contributed by atoms with E-state index in [4.69, 9.17) is 5.11 Å². The summed E-state index contributed by atoms with van der Waals surface area (Å²) >= 11 is 1.37. The Morgan fingerprint density at radius 1 is 1.23 bits per heavy atom. The summed E-state index contributed by atoms with van der Waals surface area (Å²) in [5, 5.41) is 12.6. The van der Waals surface area contributed by atoms with Gasteiger partial charge in [0.15, 0.2) is 0 Å². The van der Waals surface area contributed by atoms with Crippen molar-refractivity contribution in [2.24, 2.45) is 0 Å². The molecule has 0 atom stereocenters. The minimum atomic E-state index is 0.0845. The molecular formula is C9H8N2OS. The summed E-state index contributed by atoms with van der Waals surface area (Å²) in [7, 11) is 0. The average molecular weight is 192 g/mol. The molecule has 0 fully saturated rings. The van der Waals surface area contributed by atoms with Gasteiger partial charge in [-0.3, -0.25) is 0 Å². The molecule has 0 bridgehead atoms. The van der Waals surface area contributed by atoms with Crippen LogP contribution in [0.5, 0.6) is 0 Å². The molecule has 4 heteroatoms. The van der Waals surface area contributed by atoms with Gasteiger partial charge in [-0.1, -0.05) is 28.8 Å². The van der Waals surface area contributed by atoms with E-state index < -0.39 is 0 Å². The largest absolute Gasteiger partial charge is 0.392 e. The van der Waals surface area contributed by atoms with Crippen LogP contribution in [0.15, 0.2) is 30.5 Å². The van der Waals surface area contributed by atoms with E-state index in [1.54, 1.807) is 6.20 Å². The summed E-state index contributed by atoms with van der Waals surface area (Å²) < 4.78 is 3.78. The van der Waals surface area contributed by atoms with Gasteiger partial charge in [0.2, 0.25) is 0 Å². The van der Waals surface area contributed by atoms with Gasteiger partial charge in [0, 0.05) is 0 Å². The van der Waals surface area contributed by atoms with Crippen molar-refractivity contribution in [2.75, 3.05) is 0 Å². The van der Waals surface area contributed by atoms with E-state index in [1.807, 2.05) is 24.3 Å². The third kappa shape index (κ3) is 1.74. The van der Waals surface area contributed by atoms with E-state index in [0.717, 1.165) is 16.0 Å². The first-order chi connectivity index (χ1) is 6.40. The predicted molar refractivity (Wildman–Crippen MR) is 51.3 cm³/mol. The lowest BCUT2D eigenvalue weighted by Crippen LogP contribution is -1.81. The van der Waals surface area contributed by atoms with Gasteiger partial charge < -0.3 is 5.11 Å². The van der Waals surface area contributed by atoms with Crippen molar-refractivity contribution in [1.82, 2.24) is 9.59 Å². The van der Waals surface area contributed by atoms with Crippen molar-refractivity contribution in [3.8, 4) is 10.4 Å². The molecule has 0 unspecified atom stereocenters. The second-order valence-corrected chi connectivity index (χ2v) is 3.42. The first-order valence-electron chi connectivity index (χ1n) is 3.87. The molecule has 1 N–H and O–H groups in total. The van der Waals surface area contributed by atoms with Crippen molar-refractivity contribution in [3.63, 3.8) is 0 Å². The van der Waals surface area contributed by atoms with E-state index in [1.165, 1.54) is 11.5 Å². The van der Waals surface area contributed by atoms with Crippen LogP contribution in [-0.2, 0) is 6.61 Å². The van der Waals surface area contributed by atoms with E-state index in [0.29, 0.717) is 0 Å². The van der Waals surface area contributed by atoms with Gasteiger partial charge in [0.1, 0.15) is 0 Å². The maximum atomic E-state index is 8.84. The Kier molecular flexibility index (Phi) is 2.33. The van der Waals surface area contributed by atoms with Crippen LogP contribution in [-0.4, -0.2) is 14.7 Å². The monoisotopic (exact) mass is 192 g/mol. The van der Waals surface area contributed by atoms with Gasteiger partial charge in [0.25, 0.3) is 0 Å². The molecule has 13 heavy (non-hydrogen) atoms. The highest BCUT2D eigenvalue weighted by Gasteiger charge is 1.99. The zero-order valence-corrected chi connectivity index (χ0v) is 7.66. The number of rotatable bonds is 2. The number of aliphatic hydroxyl groups excluding tert-OH is 1. The minimum absolute atomic E-state index is 0.0845. The second kappa shape index (κ2) is 3.64. The predicted octanol–water partition coefficient (Wildman–Crippen LogP) is 1.70. The van der Waals surface area contributed by atoms with Crippen molar-refractivity contribution >= 4 is 11.5 Å². The zero-order chi connectivity index (χ0) is 9.10. The molecule has 0 saturated carbocycles. The summed E-state index contributed by atoms with van der Waals surface area (Å²) in [6, 6.07) is 7.71. The molecule has 2 aromatic rings. The molecule has 0 aliphatic heterocycles. The molecule has 0 aliphatic rings. The lowest BCUT2D eigenvalue weighted by Gasteiger charge is -1.97. The highest BCUT2D eigenvalue weighted by atomic mass is 32.1. The van der Waals surface area contributed by atoms with Crippen molar-refractivity contribution in [1.29, 1.82) is 0 Å². The van der Waals surface area contributed by atoms with Gasteiger partial charge in [-0.25, -0.2) is 0 Å². The van der Waals surface area contributed by atoms with E-state index in [9.17, 15) is 0 Å². The maximum absolute atomic E-state index is 8.84.